The number of ketones is 1. The van der Waals surface area contributed by atoms with E-state index in [-0.39, 0.29) is 5.78 Å². The molecule has 1 aliphatic heterocycles. The highest BCUT2D eigenvalue weighted by Crippen LogP contribution is 2.31. The Bertz CT molecular complexity index is 1050. The van der Waals surface area contributed by atoms with E-state index in [1.807, 2.05) is 42.5 Å². The van der Waals surface area contributed by atoms with Gasteiger partial charge >= 0.3 is 0 Å². The molecule has 4 rings (SSSR count). The highest BCUT2D eigenvalue weighted by atomic mass is 16.5. The van der Waals surface area contributed by atoms with Crippen molar-refractivity contribution in [3.05, 3.63) is 71.8 Å². The lowest BCUT2D eigenvalue weighted by Crippen LogP contribution is -2.46. The predicted octanol–water partition coefficient (Wildman–Crippen LogP) is 4.03. The predicted molar refractivity (Wildman–Crippen MR) is 118 cm³/mol. The molecular weight excluding hydrogens is 362 g/mol. The summed E-state index contributed by atoms with van der Waals surface area (Å²) in [5.74, 6) is 1.76. The topological polar surface area (TPSA) is 53.9 Å². The molecule has 5 heteroatoms. The Labute approximate surface area is 171 Å². The summed E-state index contributed by atoms with van der Waals surface area (Å²) in [6.45, 7) is 5.14. The number of nitrogens with one attached hydrogen (secondary N) is 1. The van der Waals surface area contributed by atoms with Crippen molar-refractivity contribution in [1.29, 1.82) is 0 Å². The minimum atomic E-state index is 0.0542. The minimum Gasteiger partial charge on any atom is -0.496 e. The number of ether oxygens (including phenoxy) is 1. The fourth-order valence-corrected chi connectivity index (χ4v) is 3.71. The molecule has 1 aliphatic rings. The van der Waals surface area contributed by atoms with Crippen LogP contribution in [-0.2, 0) is 0 Å². The zero-order chi connectivity index (χ0) is 20.2. The Balaban J connectivity index is 1.89. The Kier molecular flexibility index (Phi) is 5.58. The first-order chi connectivity index (χ1) is 14.2. The first-order valence-electron chi connectivity index (χ1n) is 9.89. The van der Waals surface area contributed by atoms with Gasteiger partial charge in [-0.1, -0.05) is 30.3 Å². The summed E-state index contributed by atoms with van der Waals surface area (Å²) in [4.78, 5) is 19.0. The molecule has 5 nitrogen and oxygen atoms in total. The number of aliphatic imine (C=N–C) groups is 1. The van der Waals surface area contributed by atoms with E-state index in [0.29, 0.717) is 5.56 Å². The van der Waals surface area contributed by atoms with Crippen molar-refractivity contribution in [1.82, 2.24) is 10.2 Å². The summed E-state index contributed by atoms with van der Waals surface area (Å²) in [5, 5.41) is 5.67. The summed E-state index contributed by atoms with van der Waals surface area (Å²) in [5.41, 5.74) is 2.51. The van der Waals surface area contributed by atoms with E-state index in [2.05, 4.69) is 28.4 Å². The van der Waals surface area contributed by atoms with Gasteiger partial charge in [0.15, 0.2) is 5.78 Å². The maximum Gasteiger partial charge on any atom is 0.159 e. The monoisotopic (exact) mass is 387 g/mol. The number of methoxy groups -OCH3 is 1. The normalized spacial score (nSPS) is 14.8. The highest BCUT2D eigenvalue weighted by Gasteiger charge is 2.22. The molecule has 0 aromatic heterocycles. The average Bonchev–Trinajstić information content (AvgIpc) is 2.77. The van der Waals surface area contributed by atoms with E-state index >= 15 is 0 Å². The molecule has 3 aromatic rings. The Morgan fingerprint density at radius 1 is 1.00 bits per heavy atom. The van der Waals surface area contributed by atoms with Crippen LogP contribution in [0.25, 0.3) is 10.8 Å². The van der Waals surface area contributed by atoms with Crippen molar-refractivity contribution in [2.75, 3.05) is 33.3 Å². The summed E-state index contributed by atoms with van der Waals surface area (Å²) in [6, 6.07) is 19.9. The molecule has 0 amide bonds. The van der Waals surface area contributed by atoms with Gasteiger partial charge in [-0.3, -0.25) is 4.79 Å². The maximum absolute atomic E-state index is 11.6. The van der Waals surface area contributed by atoms with Crippen molar-refractivity contribution in [3.8, 4) is 5.75 Å². The number of benzene rings is 3. The van der Waals surface area contributed by atoms with Gasteiger partial charge in [0.2, 0.25) is 0 Å². The number of fused-ring (bicyclic) bond motifs is 1. The number of rotatable bonds is 4. The standard InChI is InChI=1S/C24H25N3O2/c1-17(28)18-7-10-20(11-8-18)26-24(27-15-13-25-14-16-27)23-21-6-4-3-5-19(21)9-12-22(23)29-2/h3-12,25H,13-16H2,1-2H3. The van der Waals surface area contributed by atoms with Gasteiger partial charge in [-0.2, -0.15) is 0 Å². The minimum absolute atomic E-state index is 0.0542. The van der Waals surface area contributed by atoms with Crippen LogP contribution in [-0.4, -0.2) is 49.8 Å². The summed E-state index contributed by atoms with van der Waals surface area (Å²) >= 11 is 0. The number of piperazine rings is 1. The second-order valence-electron chi connectivity index (χ2n) is 7.14. The Hall–Kier alpha value is -3.18. The largest absolute Gasteiger partial charge is 0.496 e. The van der Waals surface area contributed by atoms with Crippen LogP contribution in [0.15, 0.2) is 65.7 Å². The number of amidine groups is 1. The third-order valence-corrected chi connectivity index (χ3v) is 5.26. The molecule has 0 saturated carbocycles. The van der Waals surface area contributed by atoms with Gasteiger partial charge in [0.05, 0.1) is 18.4 Å². The number of hydrogen-bond acceptors (Lipinski definition) is 4. The van der Waals surface area contributed by atoms with Crippen molar-refractivity contribution in [2.24, 2.45) is 4.99 Å². The Morgan fingerprint density at radius 3 is 2.41 bits per heavy atom. The van der Waals surface area contributed by atoms with Crippen molar-refractivity contribution in [3.63, 3.8) is 0 Å². The summed E-state index contributed by atoms with van der Waals surface area (Å²) in [6.07, 6.45) is 0. The zero-order valence-electron chi connectivity index (χ0n) is 16.8. The third kappa shape index (κ3) is 4.00. The van der Waals surface area contributed by atoms with Gasteiger partial charge < -0.3 is 15.0 Å². The van der Waals surface area contributed by atoms with E-state index in [4.69, 9.17) is 9.73 Å². The fraction of sp³-hybridized carbons (Fsp3) is 0.250. The van der Waals surface area contributed by atoms with Crippen molar-refractivity contribution >= 4 is 28.1 Å². The lowest BCUT2D eigenvalue weighted by atomic mass is 10.0. The van der Waals surface area contributed by atoms with Crippen LogP contribution in [0.3, 0.4) is 0 Å². The fourth-order valence-electron chi connectivity index (χ4n) is 3.71. The molecule has 0 aliphatic carbocycles. The first-order valence-corrected chi connectivity index (χ1v) is 9.89. The van der Waals surface area contributed by atoms with Crippen LogP contribution in [0.5, 0.6) is 5.75 Å². The summed E-state index contributed by atoms with van der Waals surface area (Å²) < 4.78 is 5.75. The molecule has 148 valence electrons. The van der Waals surface area contributed by atoms with Gasteiger partial charge in [-0.25, -0.2) is 4.99 Å². The molecule has 3 aromatic carbocycles. The second kappa shape index (κ2) is 8.45. The van der Waals surface area contributed by atoms with Crippen molar-refractivity contribution in [2.45, 2.75) is 6.92 Å². The maximum atomic E-state index is 11.6. The lowest BCUT2D eigenvalue weighted by molar-refractivity contribution is 0.101. The first kappa shape index (κ1) is 19.2. The van der Waals surface area contributed by atoms with Gasteiger partial charge in [-0.05, 0) is 48.0 Å². The van der Waals surface area contributed by atoms with Crippen LogP contribution in [0, 0.1) is 0 Å². The smallest absolute Gasteiger partial charge is 0.159 e. The molecule has 0 unspecified atom stereocenters. The quantitative estimate of drug-likeness (QED) is 0.417. The molecule has 29 heavy (non-hydrogen) atoms. The second-order valence-corrected chi connectivity index (χ2v) is 7.14. The van der Waals surface area contributed by atoms with Crippen LogP contribution in [0.2, 0.25) is 0 Å². The van der Waals surface area contributed by atoms with Crippen LogP contribution < -0.4 is 10.1 Å². The van der Waals surface area contributed by atoms with Crippen LogP contribution in [0.1, 0.15) is 22.8 Å². The lowest BCUT2D eigenvalue weighted by Gasteiger charge is -2.31. The van der Waals surface area contributed by atoms with Gasteiger partial charge in [0.1, 0.15) is 11.6 Å². The molecule has 0 atom stereocenters. The average molecular weight is 387 g/mol. The number of Topliss-reactive ketones (excluding diaryl/α,β-unsaturated/α-hetero) is 1. The van der Waals surface area contributed by atoms with Gasteiger partial charge in [0, 0.05) is 31.7 Å². The number of nitrogens with zero attached hydrogens (tertiary/aromatic N) is 2. The molecule has 1 N–H and O–H groups in total. The highest BCUT2D eigenvalue weighted by molar-refractivity contribution is 6.13. The molecule has 0 bridgehead atoms. The van der Waals surface area contributed by atoms with E-state index in [1.165, 1.54) is 0 Å². The Morgan fingerprint density at radius 2 is 1.72 bits per heavy atom. The summed E-state index contributed by atoms with van der Waals surface area (Å²) in [7, 11) is 1.70. The van der Waals surface area contributed by atoms with E-state index in [1.54, 1.807) is 14.0 Å². The molecular formula is C24H25N3O2. The van der Waals surface area contributed by atoms with Gasteiger partial charge in [0.25, 0.3) is 0 Å². The number of hydrogen-bond donors (Lipinski definition) is 1. The van der Waals surface area contributed by atoms with Gasteiger partial charge in [-0.15, -0.1) is 0 Å². The van der Waals surface area contributed by atoms with E-state index in [9.17, 15) is 4.79 Å². The number of carbonyl (C=O) groups excluding carboxylic acids is 1. The van der Waals surface area contributed by atoms with Crippen molar-refractivity contribution < 1.29 is 9.53 Å². The molecule has 0 spiro atoms. The number of carbonyl (C=O) groups is 1. The molecule has 1 saturated heterocycles. The zero-order valence-corrected chi connectivity index (χ0v) is 16.8. The van der Waals surface area contributed by atoms with Crippen LogP contribution in [0.4, 0.5) is 5.69 Å². The van der Waals surface area contributed by atoms with E-state index < -0.39 is 0 Å². The van der Waals surface area contributed by atoms with E-state index in [0.717, 1.165) is 59.8 Å². The third-order valence-electron chi connectivity index (χ3n) is 5.26. The molecule has 0 radical (unpaired) electrons. The van der Waals surface area contributed by atoms with Crippen LogP contribution >= 0.6 is 0 Å². The molecule has 1 heterocycles. The molecule has 1 fully saturated rings. The SMILES string of the molecule is COc1ccc2ccccc2c1C(=Nc1ccc(C(C)=O)cc1)N1CCNCC1.